The Morgan fingerprint density at radius 2 is 2.08 bits per heavy atom. The van der Waals surface area contributed by atoms with Crippen molar-refractivity contribution in [3.05, 3.63) is 33.2 Å². The third-order valence-corrected chi connectivity index (χ3v) is 4.52. The number of rotatable bonds is 3. The SMILES string of the molecule is COc1cc(-n2nc(I)c3c2CC(C)OC3)ccc1OC(F)(F)F. The molecule has 24 heavy (non-hydrogen) atoms. The summed E-state index contributed by atoms with van der Waals surface area (Å²) in [4.78, 5) is 0. The second-order valence-electron chi connectivity index (χ2n) is 5.34. The first-order valence-electron chi connectivity index (χ1n) is 7.10. The molecular formula is C15H14F3IN2O3. The molecule has 5 nitrogen and oxygen atoms in total. The maximum absolute atomic E-state index is 12.4. The van der Waals surface area contributed by atoms with Crippen LogP contribution in [0.4, 0.5) is 13.2 Å². The molecule has 1 unspecified atom stereocenters. The zero-order valence-corrected chi connectivity index (χ0v) is 15.0. The molecule has 9 heteroatoms. The van der Waals surface area contributed by atoms with Gasteiger partial charge in [-0.3, -0.25) is 0 Å². The fourth-order valence-electron chi connectivity index (χ4n) is 2.58. The third kappa shape index (κ3) is 3.46. The molecule has 1 aromatic carbocycles. The Morgan fingerprint density at radius 3 is 2.75 bits per heavy atom. The molecule has 0 fully saturated rings. The fourth-order valence-corrected chi connectivity index (χ4v) is 3.26. The van der Waals surface area contributed by atoms with Gasteiger partial charge in [-0.2, -0.15) is 5.10 Å². The van der Waals surface area contributed by atoms with Gasteiger partial charge in [-0.25, -0.2) is 4.68 Å². The summed E-state index contributed by atoms with van der Waals surface area (Å²) >= 11 is 2.12. The largest absolute Gasteiger partial charge is 0.573 e. The highest BCUT2D eigenvalue weighted by atomic mass is 127. The Bertz CT molecular complexity index is 761. The van der Waals surface area contributed by atoms with E-state index in [2.05, 4.69) is 32.4 Å². The standard InChI is InChI=1S/C15H14F3IN2O3/c1-8-5-11-10(7-23-8)14(19)20-21(11)9-3-4-12(13(6-9)22-2)24-15(16,17)18/h3-4,6,8H,5,7H2,1-2H3. The van der Waals surface area contributed by atoms with E-state index in [-0.39, 0.29) is 17.6 Å². The summed E-state index contributed by atoms with van der Waals surface area (Å²) in [5.41, 5.74) is 2.60. The number of hydrogen-bond acceptors (Lipinski definition) is 4. The molecule has 130 valence electrons. The third-order valence-electron chi connectivity index (χ3n) is 3.65. The van der Waals surface area contributed by atoms with Crippen LogP contribution in [-0.4, -0.2) is 29.4 Å². The summed E-state index contributed by atoms with van der Waals surface area (Å²) in [7, 11) is 1.29. The van der Waals surface area contributed by atoms with Gasteiger partial charge in [-0.1, -0.05) is 0 Å². The van der Waals surface area contributed by atoms with Crippen molar-refractivity contribution in [2.75, 3.05) is 7.11 Å². The molecule has 1 aliphatic rings. The van der Waals surface area contributed by atoms with E-state index in [0.29, 0.717) is 18.7 Å². The van der Waals surface area contributed by atoms with Crippen LogP contribution < -0.4 is 9.47 Å². The highest BCUT2D eigenvalue weighted by Crippen LogP contribution is 2.35. The molecule has 3 rings (SSSR count). The first-order chi connectivity index (χ1) is 11.3. The number of methoxy groups -OCH3 is 1. The van der Waals surface area contributed by atoms with Crippen LogP contribution in [0, 0.1) is 3.70 Å². The van der Waals surface area contributed by atoms with E-state index in [1.54, 1.807) is 4.68 Å². The molecule has 1 aliphatic heterocycles. The van der Waals surface area contributed by atoms with Crippen molar-refractivity contribution in [1.82, 2.24) is 9.78 Å². The molecule has 0 aliphatic carbocycles. The van der Waals surface area contributed by atoms with Gasteiger partial charge in [-0.05, 0) is 41.6 Å². The van der Waals surface area contributed by atoms with Crippen molar-refractivity contribution in [2.45, 2.75) is 32.4 Å². The molecule has 2 heterocycles. The molecular weight excluding hydrogens is 440 g/mol. The number of aromatic nitrogens is 2. The maximum Gasteiger partial charge on any atom is 0.573 e. The zero-order chi connectivity index (χ0) is 17.5. The highest BCUT2D eigenvalue weighted by molar-refractivity contribution is 14.1. The van der Waals surface area contributed by atoms with E-state index in [4.69, 9.17) is 9.47 Å². The molecule has 0 bridgehead atoms. The maximum atomic E-state index is 12.4. The van der Waals surface area contributed by atoms with E-state index in [1.807, 2.05) is 6.92 Å². The Labute approximate surface area is 149 Å². The predicted molar refractivity (Wildman–Crippen MR) is 87.5 cm³/mol. The van der Waals surface area contributed by atoms with Crippen LogP contribution in [-0.2, 0) is 17.8 Å². The van der Waals surface area contributed by atoms with Gasteiger partial charge in [0.1, 0.15) is 3.70 Å². The average molecular weight is 454 g/mol. The first kappa shape index (κ1) is 17.3. The minimum atomic E-state index is -4.78. The van der Waals surface area contributed by atoms with Crippen LogP contribution in [0.15, 0.2) is 18.2 Å². The van der Waals surface area contributed by atoms with Crippen LogP contribution in [0.5, 0.6) is 11.5 Å². The summed E-state index contributed by atoms with van der Waals surface area (Å²) in [5, 5.41) is 4.48. The van der Waals surface area contributed by atoms with Gasteiger partial charge >= 0.3 is 6.36 Å². The van der Waals surface area contributed by atoms with Crippen LogP contribution >= 0.6 is 22.6 Å². The van der Waals surface area contributed by atoms with Gasteiger partial charge in [0.25, 0.3) is 0 Å². The Balaban J connectivity index is 2.02. The van der Waals surface area contributed by atoms with Crippen molar-refractivity contribution in [3.63, 3.8) is 0 Å². The predicted octanol–water partition coefficient (Wildman–Crippen LogP) is 3.85. The molecule has 1 aromatic heterocycles. The van der Waals surface area contributed by atoms with Gasteiger partial charge in [-0.15, -0.1) is 13.2 Å². The van der Waals surface area contributed by atoms with Crippen LogP contribution in [0.1, 0.15) is 18.2 Å². The minimum Gasteiger partial charge on any atom is -0.493 e. The van der Waals surface area contributed by atoms with E-state index < -0.39 is 6.36 Å². The van der Waals surface area contributed by atoms with Crippen LogP contribution in [0.25, 0.3) is 5.69 Å². The van der Waals surface area contributed by atoms with E-state index in [0.717, 1.165) is 15.0 Å². The lowest BCUT2D eigenvalue weighted by atomic mass is 10.1. The normalized spacial score (nSPS) is 17.5. The van der Waals surface area contributed by atoms with Gasteiger partial charge in [0.2, 0.25) is 0 Å². The quantitative estimate of drug-likeness (QED) is 0.662. The van der Waals surface area contributed by atoms with Crippen molar-refractivity contribution < 1.29 is 27.4 Å². The van der Waals surface area contributed by atoms with E-state index in [9.17, 15) is 13.2 Å². The van der Waals surface area contributed by atoms with Gasteiger partial charge in [0, 0.05) is 18.1 Å². The molecule has 0 saturated heterocycles. The zero-order valence-electron chi connectivity index (χ0n) is 12.9. The van der Waals surface area contributed by atoms with Crippen molar-refractivity contribution in [1.29, 1.82) is 0 Å². The molecule has 0 saturated carbocycles. The molecule has 0 spiro atoms. The number of fused-ring (bicyclic) bond motifs is 1. The van der Waals surface area contributed by atoms with E-state index >= 15 is 0 Å². The van der Waals surface area contributed by atoms with Crippen molar-refractivity contribution in [3.8, 4) is 17.2 Å². The van der Waals surface area contributed by atoms with Gasteiger partial charge < -0.3 is 14.2 Å². The number of hydrogen-bond donors (Lipinski definition) is 0. The lowest BCUT2D eigenvalue weighted by Crippen LogP contribution is -2.21. The van der Waals surface area contributed by atoms with Gasteiger partial charge in [0.05, 0.1) is 31.2 Å². The second kappa shape index (κ2) is 6.43. The number of nitrogens with zero attached hydrogens (tertiary/aromatic N) is 2. The van der Waals surface area contributed by atoms with Crippen LogP contribution in [0.3, 0.4) is 0 Å². The monoisotopic (exact) mass is 454 g/mol. The summed E-state index contributed by atoms with van der Waals surface area (Å²) in [6, 6.07) is 4.23. The fraction of sp³-hybridized carbons (Fsp3) is 0.400. The molecule has 0 amide bonds. The minimum absolute atomic E-state index is 0.0100. The van der Waals surface area contributed by atoms with Crippen molar-refractivity contribution in [2.24, 2.45) is 0 Å². The summed E-state index contributed by atoms with van der Waals surface area (Å²) in [5.74, 6) is -0.398. The average Bonchev–Trinajstić information content (AvgIpc) is 2.82. The van der Waals surface area contributed by atoms with Crippen LogP contribution in [0.2, 0.25) is 0 Å². The number of ether oxygens (including phenoxy) is 3. The summed E-state index contributed by atoms with van der Waals surface area (Å²) in [6.07, 6.45) is -4.05. The topological polar surface area (TPSA) is 45.5 Å². The molecule has 0 radical (unpaired) electrons. The number of halogens is 4. The van der Waals surface area contributed by atoms with Crippen molar-refractivity contribution >= 4 is 22.6 Å². The molecule has 2 aromatic rings. The molecule has 0 N–H and O–H groups in total. The first-order valence-corrected chi connectivity index (χ1v) is 8.18. The summed E-state index contributed by atoms with van der Waals surface area (Å²) < 4.78 is 54.5. The van der Waals surface area contributed by atoms with Gasteiger partial charge in [0.15, 0.2) is 11.5 Å². The number of benzene rings is 1. The highest BCUT2D eigenvalue weighted by Gasteiger charge is 2.33. The lowest BCUT2D eigenvalue weighted by molar-refractivity contribution is -0.275. The Hall–Kier alpha value is -1.49. The summed E-state index contributed by atoms with van der Waals surface area (Å²) in [6.45, 7) is 2.44. The Morgan fingerprint density at radius 1 is 1.33 bits per heavy atom. The van der Waals surface area contributed by atoms with E-state index in [1.165, 1.54) is 25.3 Å². The second-order valence-corrected chi connectivity index (χ2v) is 6.36. The lowest BCUT2D eigenvalue weighted by Gasteiger charge is -2.21. The molecule has 1 atom stereocenters. The number of alkyl halides is 3. The smallest absolute Gasteiger partial charge is 0.493 e. The Kier molecular flexibility index (Phi) is 4.65.